The van der Waals surface area contributed by atoms with Crippen molar-refractivity contribution >= 4 is 0 Å². The van der Waals surface area contributed by atoms with Crippen molar-refractivity contribution in [2.24, 2.45) is 5.73 Å². The minimum Gasteiger partial charge on any atom is -0.329 e. The van der Waals surface area contributed by atoms with Crippen molar-refractivity contribution in [2.75, 3.05) is 0 Å². The molecule has 0 aromatic carbocycles. The van der Waals surface area contributed by atoms with E-state index >= 15 is 0 Å². The highest BCUT2D eigenvalue weighted by Crippen LogP contribution is 2.24. The molecule has 1 aromatic rings. The summed E-state index contributed by atoms with van der Waals surface area (Å²) >= 11 is 0. The van der Waals surface area contributed by atoms with Gasteiger partial charge in [0.15, 0.2) is 0 Å². The van der Waals surface area contributed by atoms with Gasteiger partial charge in [0.2, 0.25) is 0 Å². The lowest BCUT2D eigenvalue weighted by atomic mass is 9.88. The fourth-order valence-corrected chi connectivity index (χ4v) is 2.24. The number of H-pyrrole nitrogens is 1. The molecule has 0 radical (unpaired) electrons. The Labute approximate surface area is 83.3 Å². The first-order valence-corrected chi connectivity index (χ1v) is 5.19. The second kappa shape index (κ2) is 3.58. The summed E-state index contributed by atoms with van der Waals surface area (Å²) in [6.07, 6.45) is 6.33. The molecule has 1 heterocycles. The van der Waals surface area contributed by atoms with Crippen LogP contribution in [0.15, 0.2) is 11.0 Å². The van der Waals surface area contributed by atoms with Crippen LogP contribution >= 0.6 is 0 Å². The van der Waals surface area contributed by atoms with E-state index in [1.165, 1.54) is 24.0 Å². The number of nitrogens with two attached hydrogens (primary N) is 1. The van der Waals surface area contributed by atoms with Gasteiger partial charge in [0.05, 0.1) is 0 Å². The normalized spacial score (nSPS) is 17.6. The third kappa shape index (κ3) is 1.48. The smallest absolute Gasteiger partial charge is 0.252 e. The molecule has 1 aromatic heterocycles. The minimum absolute atomic E-state index is 0.0133. The lowest BCUT2D eigenvalue weighted by molar-refractivity contribution is 0.657. The van der Waals surface area contributed by atoms with Gasteiger partial charge < -0.3 is 10.7 Å². The highest BCUT2D eigenvalue weighted by atomic mass is 16.1. The number of pyridine rings is 1. The molecule has 1 atom stereocenters. The first kappa shape index (κ1) is 9.46. The van der Waals surface area contributed by atoms with Crippen LogP contribution in [0.3, 0.4) is 0 Å². The summed E-state index contributed by atoms with van der Waals surface area (Å²) in [5.74, 6) is 0. The Hall–Kier alpha value is -1.09. The van der Waals surface area contributed by atoms with Gasteiger partial charge in [-0.25, -0.2) is 0 Å². The molecule has 1 aliphatic rings. The molecular formula is C11H16N2O. The number of aryl methyl sites for hydroxylation is 1. The summed E-state index contributed by atoms with van der Waals surface area (Å²) in [7, 11) is 0. The van der Waals surface area contributed by atoms with Crippen LogP contribution in [-0.4, -0.2) is 4.98 Å². The quantitative estimate of drug-likeness (QED) is 0.704. The molecule has 0 amide bonds. The molecule has 3 heteroatoms. The van der Waals surface area contributed by atoms with Crippen LogP contribution in [0.1, 0.15) is 42.5 Å². The number of rotatable bonds is 1. The highest BCUT2D eigenvalue weighted by Gasteiger charge is 2.17. The maximum Gasteiger partial charge on any atom is 0.252 e. The number of nitrogens with one attached hydrogen (secondary N) is 1. The topological polar surface area (TPSA) is 58.9 Å². The van der Waals surface area contributed by atoms with Crippen molar-refractivity contribution in [1.82, 2.24) is 4.98 Å². The third-order valence-electron chi connectivity index (χ3n) is 2.91. The van der Waals surface area contributed by atoms with Gasteiger partial charge in [0.1, 0.15) is 0 Å². The molecule has 0 bridgehead atoms. The van der Waals surface area contributed by atoms with Crippen LogP contribution in [0.4, 0.5) is 0 Å². The summed E-state index contributed by atoms with van der Waals surface area (Å²) in [4.78, 5) is 14.4. The van der Waals surface area contributed by atoms with Crippen LogP contribution in [0.25, 0.3) is 0 Å². The number of fused-ring (bicyclic) bond motifs is 1. The molecule has 3 nitrogen and oxygen atoms in total. The monoisotopic (exact) mass is 192 g/mol. The zero-order chi connectivity index (χ0) is 10.1. The van der Waals surface area contributed by atoms with Crippen molar-refractivity contribution < 1.29 is 0 Å². The largest absolute Gasteiger partial charge is 0.329 e. The maximum atomic E-state index is 11.6. The van der Waals surface area contributed by atoms with Gasteiger partial charge in [-0.2, -0.15) is 0 Å². The van der Waals surface area contributed by atoms with Crippen LogP contribution < -0.4 is 11.3 Å². The predicted octanol–water partition coefficient (Wildman–Crippen LogP) is 1.27. The van der Waals surface area contributed by atoms with E-state index in [2.05, 4.69) is 4.98 Å². The Morgan fingerprint density at radius 2 is 2.14 bits per heavy atom. The van der Waals surface area contributed by atoms with E-state index in [0.717, 1.165) is 18.4 Å². The van der Waals surface area contributed by atoms with E-state index in [9.17, 15) is 4.79 Å². The average Bonchev–Trinajstić information content (AvgIpc) is 2.17. The van der Waals surface area contributed by atoms with E-state index in [1.807, 2.05) is 13.1 Å². The van der Waals surface area contributed by atoms with Gasteiger partial charge >= 0.3 is 0 Å². The zero-order valence-electron chi connectivity index (χ0n) is 8.47. The molecule has 0 aliphatic heterocycles. The third-order valence-corrected chi connectivity index (χ3v) is 2.91. The summed E-state index contributed by atoms with van der Waals surface area (Å²) in [5, 5.41) is 0. The fraction of sp³-hybridized carbons (Fsp3) is 0.545. The minimum atomic E-state index is -0.160. The van der Waals surface area contributed by atoms with E-state index < -0.39 is 0 Å². The van der Waals surface area contributed by atoms with Gasteiger partial charge in [-0.1, -0.05) is 0 Å². The van der Waals surface area contributed by atoms with E-state index in [4.69, 9.17) is 5.73 Å². The number of hydrogen-bond donors (Lipinski definition) is 2. The summed E-state index contributed by atoms with van der Waals surface area (Å²) in [6.45, 7) is 1.87. The van der Waals surface area contributed by atoms with E-state index in [-0.39, 0.29) is 11.6 Å². The molecule has 14 heavy (non-hydrogen) atoms. The molecule has 0 spiro atoms. The second-order valence-electron chi connectivity index (χ2n) is 4.03. The summed E-state index contributed by atoms with van der Waals surface area (Å²) in [5.41, 5.74) is 9.08. The second-order valence-corrected chi connectivity index (χ2v) is 4.03. The Morgan fingerprint density at radius 3 is 2.86 bits per heavy atom. The van der Waals surface area contributed by atoms with Gasteiger partial charge in [-0.15, -0.1) is 0 Å². The molecule has 0 saturated heterocycles. The highest BCUT2D eigenvalue weighted by molar-refractivity contribution is 5.35. The summed E-state index contributed by atoms with van der Waals surface area (Å²) in [6, 6.07) is -0.160. The summed E-state index contributed by atoms with van der Waals surface area (Å²) < 4.78 is 0. The zero-order valence-corrected chi connectivity index (χ0v) is 8.47. The van der Waals surface area contributed by atoms with Crippen LogP contribution in [0.2, 0.25) is 0 Å². The van der Waals surface area contributed by atoms with E-state index in [0.29, 0.717) is 0 Å². The Morgan fingerprint density at radius 1 is 1.43 bits per heavy atom. The first-order chi connectivity index (χ1) is 6.70. The molecule has 0 saturated carbocycles. The van der Waals surface area contributed by atoms with Crippen LogP contribution in [0.5, 0.6) is 0 Å². The molecule has 76 valence electrons. The van der Waals surface area contributed by atoms with Crippen molar-refractivity contribution in [1.29, 1.82) is 0 Å². The first-order valence-electron chi connectivity index (χ1n) is 5.19. The number of aromatic nitrogens is 1. The van der Waals surface area contributed by atoms with Gasteiger partial charge in [0, 0.05) is 17.8 Å². The van der Waals surface area contributed by atoms with E-state index in [1.54, 1.807) is 0 Å². The van der Waals surface area contributed by atoms with Gasteiger partial charge in [-0.05, 0) is 43.7 Å². The molecule has 0 fully saturated rings. The molecule has 2 rings (SSSR count). The molecule has 0 unspecified atom stereocenters. The average molecular weight is 192 g/mol. The van der Waals surface area contributed by atoms with Gasteiger partial charge in [-0.3, -0.25) is 4.79 Å². The Kier molecular flexibility index (Phi) is 2.42. The molecule has 1 aliphatic carbocycles. The predicted molar refractivity (Wildman–Crippen MR) is 56.3 cm³/mol. The Balaban J connectivity index is 2.61. The Bertz CT molecular complexity index is 393. The van der Waals surface area contributed by atoms with Crippen molar-refractivity contribution in [2.45, 2.75) is 38.6 Å². The fourth-order valence-electron chi connectivity index (χ4n) is 2.24. The lowest BCUT2D eigenvalue weighted by Gasteiger charge is -2.19. The standard InChI is InChI=1S/C11H16N2O/c1-7(12)10-9-5-3-2-4-8(9)6-13-11(10)14/h6-7H,2-5,12H2,1H3,(H,13,14)/t7-/m1/s1. The SMILES string of the molecule is C[C@@H](N)c1c2c(c[nH]c1=O)CCCC2. The van der Waals surface area contributed by atoms with Crippen molar-refractivity contribution in [3.05, 3.63) is 33.2 Å². The van der Waals surface area contributed by atoms with Crippen LogP contribution in [0, 0.1) is 0 Å². The molecular weight excluding hydrogens is 176 g/mol. The van der Waals surface area contributed by atoms with Gasteiger partial charge in [0.25, 0.3) is 5.56 Å². The number of aromatic amines is 1. The van der Waals surface area contributed by atoms with Crippen LogP contribution in [-0.2, 0) is 12.8 Å². The van der Waals surface area contributed by atoms with Crippen molar-refractivity contribution in [3.8, 4) is 0 Å². The number of hydrogen-bond acceptors (Lipinski definition) is 2. The maximum absolute atomic E-state index is 11.6. The molecule has 3 N–H and O–H groups in total. The van der Waals surface area contributed by atoms with Crippen molar-refractivity contribution in [3.63, 3.8) is 0 Å². The lowest BCUT2D eigenvalue weighted by Crippen LogP contribution is -2.24.